The lowest BCUT2D eigenvalue weighted by molar-refractivity contribution is 0.134. The summed E-state index contributed by atoms with van der Waals surface area (Å²) in [6.45, 7) is 8.46. The summed E-state index contributed by atoms with van der Waals surface area (Å²) < 4.78 is 13.6. The van der Waals surface area contributed by atoms with E-state index in [1.54, 1.807) is 0 Å². The summed E-state index contributed by atoms with van der Waals surface area (Å²) in [4.78, 5) is 20.9. The maximum absolute atomic E-state index is 12.0. The second kappa shape index (κ2) is 11.2. The number of anilines is 2. The molecule has 2 N–H and O–H groups in total. The number of rotatable bonds is 9. The Labute approximate surface area is 229 Å². The van der Waals surface area contributed by atoms with Gasteiger partial charge >= 0.3 is 6.09 Å². The Kier molecular flexibility index (Phi) is 7.54. The highest BCUT2D eigenvalue weighted by Gasteiger charge is 2.17. The SMILES string of the molecule is Cc1cc(Nc2ncnc3ccn(CCOC(=O)NC(C)(C)C)c23)ccc1Oc1cccc(C=CC2CC2)c1. The van der Waals surface area contributed by atoms with E-state index in [1.807, 2.05) is 74.9 Å². The number of nitrogens with zero attached hydrogens (tertiary/aromatic N) is 3. The number of carbonyl (C=O) groups is 1. The molecular formula is C31H35N5O3. The number of allylic oxidation sites excluding steroid dienone is 1. The van der Waals surface area contributed by atoms with Gasteiger partial charge in [0, 0.05) is 17.4 Å². The van der Waals surface area contributed by atoms with E-state index in [0.717, 1.165) is 45.3 Å². The van der Waals surface area contributed by atoms with Crippen LogP contribution in [0.3, 0.4) is 0 Å². The third kappa shape index (κ3) is 7.16. The van der Waals surface area contributed by atoms with E-state index in [2.05, 4.69) is 44.9 Å². The third-order valence-corrected chi connectivity index (χ3v) is 6.30. The van der Waals surface area contributed by atoms with Crippen molar-refractivity contribution < 1.29 is 14.3 Å². The lowest BCUT2D eigenvalue weighted by Gasteiger charge is -2.20. The summed E-state index contributed by atoms with van der Waals surface area (Å²) in [5.41, 5.74) is 4.32. The van der Waals surface area contributed by atoms with E-state index < -0.39 is 6.09 Å². The molecule has 0 radical (unpaired) electrons. The van der Waals surface area contributed by atoms with Gasteiger partial charge in [-0.15, -0.1) is 0 Å². The van der Waals surface area contributed by atoms with E-state index >= 15 is 0 Å². The van der Waals surface area contributed by atoms with Gasteiger partial charge in [0.15, 0.2) is 5.82 Å². The first kappa shape index (κ1) is 26.3. The molecule has 2 aromatic carbocycles. The number of nitrogens with one attached hydrogen (secondary N) is 2. The van der Waals surface area contributed by atoms with Gasteiger partial charge in [0.05, 0.1) is 12.1 Å². The van der Waals surface area contributed by atoms with Gasteiger partial charge in [-0.3, -0.25) is 0 Å². The molecular weight excluding hydrogens is 490 g/mol. The molecule has 1 saturated carbocycles. The Morgan fingerprint density at radius 2 is 1.97 bits per heavy atom. The normalized spacial score (nSPS) is 13.5. The van der Waals surface area contributed by atoms with Gasteiger partial charge in [-0.05, 0) is 94.0 Å². The molecule has 2 aromatic heterocycles. The second-order valence-electron chi connectivity index (χ2n) is 11.0. The minimum atomic E-state index is -0.437. The first-order chi connectivity index (χ1) is 18.7. The summed E-state index contributed by atoms with van der Waals surface area (Å²) in [6.07, 6.45) is 10.1. The predicted molar refractivity (Wildman–Crippen MR) is 155 cm³/mol. The molecule has 0 bridgehead atoms. The van der Waals surface area contributed by atoms with Crippen LogP contribution >= 0.6 is 0 Å². The zero-order valence-electron chi connectivity index (χ0n) is 22.9. The Bertz CT molecular complexity index is 1500. The molecule has 5 rings (SSSR count). The highest BCUT2D eigenvalue weighted by Crippen LogP contribution is 2.32. The number of benzene rings is 2. The van der Waals surface area contributed by atoms with E-state index in [0.29, 0.717) is 12.4 Å². The zero-order valence-corrected chi connectivity index (χ0v) is 22.9. The number of aryl methyl sites for hydroxylation is 1. The molecule has 1 fully saturated rings. The van der Waals surface area contributed by atoms with Crippen LogP contribution in [0.5, 0.6) is 11.5 Å². The maximum Gasteiger partial charge on any atom is 0.407 e. The Balaban J connectivity index is 1.26. The van der Waals surface area contributed by atoms with Gasteiger partial charge in [0.2, 0.25) is 0 Å². The minimum Gasteiger partial charge on any atom is -0.457 e. The number of fused-ring (bicyclic) bond motifs is 1. The van der Waals surface area contributed by atoms with Crippen LogP contribution in [0, 0.1) is 12.8 Å². The zero-order chi connectivity index (χ0) is 27.4. The summed E-state index contributed by atoms with van der Waals surface area (Å²) >= 11 is 0. The number of hydrogen-bond donors (Lipinski definition) is 2. The van der Waals surface area contributed by atoms with Crippen LogP contribution in [0.1, 0.15) is 44.7 Å². The molecule has 2 heterocycles. The molecule has 1 aliphatic rings. The monoisotopic (exact) mass is 525 g/mol. The number of amides is 1. The fourth-order valence-electron chi connectivity index (χ4n) is 4.21. The highest BCUT2D eigenvalue weighted by atomic mass is 16.5. The number of carbonyl (C=O) groups excluding carboxylic acids is 1. The molecule has 0 atom stereocenters. The Morgan fingerprint density at radius 3 is 2.74 bits per heavy atom. The first-order valence-corrected chi connectivity index (χ1v) is 13.3. The van der Waals surface area contributed by atoms with Crippen LogP contribution in [0.25, 0.3) is 17.1 Å². The number of ether oxygens (including phenoxy) is 2. The molecule has 1 amide bonds. The van der Waals surface area contributed by atoms with Crippen LogP contribution in [0.15, 0.2) is 67.1 Å². The third-order valence-electron chi connectivity index (χ3n) is 6.30. The lowest BCUT2D eigenvalue weighted by Crippen LogP contribution is -2.41. The van der Waals surface area contributed by atoms with Crippen LogP contribution in [0.4, 0.5) is 16.3 Å². The largest absolute Gasteiger partial charge is 0.457 e. The van der Waals surface area contributed by atoms with Gasteiger partial charge in [-0.25, -0.2) is 14.8 Å². The average Bonchev–Trinajstić information content (AvgIpc) is 3.62. The van der Waals surface area contributed by atoms with E-state index in [9.17, 15) is 4.79 Å². The van der Waals surface area contributed by atoms with Crippen molar-refractivity contribution in [3.05, 3.63) is 78.3 Å². The Morgan fingerprint density at radius 1 is 1.13 bits per heavy atom. The number of alkyl carbamates (subject to hydrolysis) is 1. The van der Waals surface area contributed by atoms with Crippen LogP contribution in [-0.2, 0) is 11.3 Å². The van der Waals surface area contributed by atoms with Crippen molar-refractivity contribution in [2.75, 3.05) is 11.9 Å². The van der Waals surface area contributed by atoms with Crippen LogP contribution in [-0.4, -0.2) is 32.8 Å². The maximum atomic E-state index is 12.0. The van der Waals surface area contributed by atoms with Crippen molar-refractivity contribution in [3.8, 4) is 11.5 Å². The average molecular weight is 526 g/mol. The molecule has 0 unspecified atom stereocenters. The molecule has 0 aliphatic heterocycles. The van der Waals surface area contributed by atoms with Crippen molar-refractivity contribution in [1.29, 1.82) is 0 Å². The quantitative estimate of drug-likeness (QED) is 0.240. The predicted octanol–water partition coefficient (Wildman–Crippen LogP) is 7.22. The van der Waals surface area contributed by atoms with Crippen molar-refractivity contribution in [2.45, 2.75) is 52.6 Å². The van der Waals surface area contributed by atoms with E-state index in [1.165, 1.54) is 19.2 Å². The van der Waals surface area contributed by atoms with Crippen molar-refractivity contribution in [2.24, 2.45) is 5.92 Å². The van der Waals surface area contributed by atoms with Crippen LogP contribution in [0.2, 0.25) is 0 Å². The summed E-state index contributed by atoms with van der Waals surface area (Å²) in [7, 11) is 0. The van der Waals surface area contributed by atoms with Crippen molar-refractivity contribution in [3.63, 3.8) is 0 Å². The smallest absolute Gasteiger partial charge is 0.407 e. The molecule has 8 nitrogen and oxygen atoms in total. The molecule has 0 saturated heterocycles. The minimum absolute atomic E-state index is 0.225. The molecule has 4 aromatic rings. The fraction of sp³-hybridized carbons (Fsp3) is 0.323. The van der Waals surface area contributed by atoms with Gasteiger partial charge < -0.3 is 24.7 Å². The standard InChI is InChI=1S/C31H35N5O3/c1-21-18-24(12-13-27(21)39-25-7-5-6-23(19-25)11-10-22-8-9-22)34-29-28-26(32-20-33-29)14-15-36(28)16-17-38-30(37)35-31(2,3)4/h5-7,10-15,18-20,22H,8-9,16-17H2,1-4H3,(H,35,37)(H,32,33,34). The molecule has 1 aliphatic carbocycles. The van der Waals surface area contributed by atoms with Gasteiger partial charge in [0.1, 0.15) is 29.9 Å². The highest BCUT2D eigenvalue weighted by molar-refractivity contribution is 5.88. The Hall–Kier alpha value is -4.33. The second-order valence-corrected chi connectivity index (χ2v) is 11.0. The van der Waals surface area contributed by atoms with E-state index in [-0.39, 0.29) is 12.1 Å². The number of aromatic nitrogens is 3. The van der Waals surface area contributed by atoms with Crippen LogP contribution < -0.4 is 15.4 Å². The fourth-order valence-corrected chi connectivity index (χ4v) is 4.21. The molecule has 39 heavy (non-hydrogen) atoms. The molecule has 8 heteroatoms. The topological polar surface area (TPSA) is 90.3 Å². The van der Waals surface area contributed by atoms with E-state index in [4.69, 9.17) is 9.47 Å². The van der Waals surface area contributed by atoms with Crippen molar-refractivity contribution >= 4 is 34.7 Å². The van der Waals surface area contributed by atoms with Gasteiger partial charge in [0.25, 0.3) is 0 Å². The molecule has 202 valence electrons. The number of hydrogen-bond acceptors (Lipinski definition) is 6. The summed E-state index contributed by atoms with van der Waals surface area (Å²) in [6, 6.07) is 16.0. The lowest BCUT2D eigenvalue weighted by atomic mass is 10.1. The molecule has 0 spiro atoms. The first-order valence-electron chi connectivity index (χ1n) is 13.3. The van der Waals surface area contributed by atoms with Crippen molar-refractivity contribution in [1.82, 2.24) is 19.9 Å². The van der Waals surface area contributed by atoms with Gasteiger partial charge in [-0.2, -0.15) is 0 Å². The summed E-state index contributed by atoms with van der Waals surface area (Å²) in [5, 5.41) is 6.22. The summed E-state index contributed by atoms with van der Waals surface area (Å²) in [5.74, 6) is 3.02. The van der Waals surface area contributed by atoms with Gasteiger partial charge in [-0.1, -0.05) is 24.3 Å².